The van der Waals surface area contributed by atoms with E-state index >= 15 is 0 Å². The van der Waals surface area contributed by atoms with Gasteiger partial charge >= 0.3 is 5.97 Å². The quantitative estimate of drug-likeness (QED) is 0.645. The van der Waals surface area contributed by atoms with Crippen LogP contribution in [-0.2, 0) is 14.3 Å². The number of para-hydroxylation sites is 1. The normalized spacial score (nSPS) is 13.9. The summed E-state index contributed by atoms with van der Waals surface area (Å²) in [4.78, 5) is 24.2. The molecule has 6 heteroatoms. The number of amides is 1. The average Bonchev–Trinajstić information content (AvgIpc) is 2.42. The number of hydrogen-bond acceptors (Lipinski definition) is 5. The van der Waals surface area contributed by atoms with Crippen molar-refractivity contribution in [2.24, 2.45) is 5.92 Å². The van der Waals surface area contributed by atoms with Crippen LogP contribution in [0.5, 0.6) is 0 Å². The molecule has 0 aliphatic heterocycles. The number of esters is 1. The number of rotatable bonds is 6. The summed E-state index contributed by atoms with van der Waals surface area (Å²) in [7, 11) is 0. The SMILES string of the molecule is N#CCSc1ccccc1NC(=O)COC(=O)C1CCC1. The van der Waals surface area contributed by atoms with Crippen LogP contribution in [0, 0.1) is 17.2 Å². The number of hydrogen-bond donors (Lipinski definition) is 1. The molecule has 1 amide bonds. The van der Waals surface area contributed by atoms with Crippen molar-refractivity contribution in [1.82, 2.24) is 0 Å². The monoisotopic (exact) mass is 304 g/mol. The highest BCUT2D eigenvalue weighted by Crippen LogP contribution is 2.28. The van der Waals surface area contributed by atoms with Gasteiger partial charge in [0.25, 0.3) is 5.91 Å². The zero-order valence-electron chi connectivity index (χ0n) is 11.5. The summed E-state index contributed by atoms with van der Waals surface area (Å²) in [5.41, 5.74) is 0.627. The van der Waals surface area contributed by atoms with Crippen LogP contribution >= 0.6 is 11.8 Å². The fraction of sp³-hybridized carbons (Fsp3) is 0.400. The van der Waals surface area contributed by atoms with Crippen molar-refractivity contribution in [2.75, 3.05) is 17.7 Å². The second-order valence-corrected chi connectivity index (χ2v) is 5.74. The molecule has 0 saturated heterocycles. The summed E-state index contributed by atoms with van der Waals surface area (Å²) in [5.74, 6) is -0.378. The van der Waals surface area contributed by atoms with Gasteiger partial charge in [0.2, 0.25) is 0 Å². The second-order valence-electron chi connectivity index (χ2n) is 4.73. The van der Waals surface area contributed by atoms with E-state index in [0.717, 1.165) is 24.2 Å². The van der Waals surface area contributed by atoms with Crippen molar-refractivity contribution in [2.45, 2.75) is 24.2 Å². The Morgan fingerprint density at radius 1 is 1.38 bits per heavy atom. The fourth-order valence-electron chi connectivity index (χ4n) is 1.89. The van der Waals surface area contributed by atoms with E-state index in [2.05, 4.69) is 5.32 Å². The molecule has 1 N–H and O–H groups in total. The van der Waals surface area contributed by atoms with E-state index in [9.17, 15) is 9.59 Å². The third-order valence-corrected chi connectivity index (χ3v) is 4.18. The van der Waals surface area contributed by atoms with Crippen LogP contribution in [0.4, 0.5) is 5.69 Å². The molecule has 0 heterocycles. The van der Waals surface area contributed by atoms with Gasteiger partial charge in [-0.3, -0.25) is 9.59 Å². The minimum atomic E-state index is -0.368. The summed E-state index contributed by atoms with van der Waals surface area (Å²) in [5, 5.41) is 11.3. The first-order chi connectivity index (χ1) is 10.2. The zero-order chi connectivity index (χ0) is 15.1. The van der Waals surface area contributed by atoms with Crippen molar-refractivity contribution in [3.8, 4) is 6.07 Å². The Balaban J connectivity index is 1.84. The molecular formula is C15H16N2O3S. The van der Waals surface area contributed by atoms with Crippen molar-refractivity contribution in [3.05, 3.63) is 24.3 Å². The molecule has 1 aliphatic carbocycles. The minimum Gasteiger partial charge on any atom is -0.455 e. The number of anilines is 1. The van der Waals surface area contributed by atoms with Gasteiger partial charge in [-0.25, -0.2) is 0 Å². The number of benzene rings is 1. The van der Waals surface area contributed by atoms with E-state index in [1.54, 1.807) is 12.1 Å². The molecule has 0 aromatic heterocycles. The molecule has 1 fully saturated rings. The Morgan fingerprint density at radius 3 is 2.81 bits per heavy atom. The smallest absolute Gasteiger partial charge is 0.309 e. The van der Waals surface area contributed by atoms with Crippen LogP contribution in [0.1, 0.15) is 19.3 Å². The zero-order valence-corrected chi connectivity index (χ0v) is 12.3. The van der Waals surface area contributed by atoms with Gasteiger partial charge in [-0.05, 0) is 25.0 Å². The van der Waals surface area contributed by atoms with E-state index in [1.807, 2.05) is 18.2 Å². The maximum absolute atomic E-state index is 11.8. The first-order valence-corrected chi connectivity index (χ1v) is 7.74. The standard InChI is InChI=1S/C15H16N2O3S/c16-8-9-21-13-7-2-1-6-12(13)17-14(18)10-20-15(19)11-4-3-5-11/h1-2,6-7,11H,3-5,9-10H2,(H,17,18). The van der Waals surface area contributed by atoms with Crippen LogP contribution in [0.15, 0.2) is 29.2 Å². The minimum absolute atomic E-state index is 0.0312. The molecule has 0 spiro atoms. The van der Waals surface area contributed by atoms with Gasteiger partial charge in [0.05, 0.1) is 23.4 Å². The number of nitrogens with zero attached hydrogens (tertiary/aromatic N) is 1. The topological polar surface area (TPSA) is 79.2 Å². The Morgan fingerprint density at radius 2 is 2.14 bits per heavy atom. The van der Waals surface area contributed by atoms with Gasteiger partial charge in [-0.15, -0.1) is 11.8 Å². The molecular weight excluding hydrogens is 288 g/mol. The van der Waals surface area contributed by atoms with Gasteiger partial charge < -0.3 is 10.1 Å². The number of thioether (sulfide) groups is 1. The molecule has 1 aliphatic rings. The molecule has 0 radical (unpaired) electrons. The summed E-state index contributed by atoms with van der Waals surface area (Å²) in [6, 6.07) is 9.27. The summed E-state index contributed by atoms with van der Waals surface area (Å²) in [6.07, 6.45) is 2.76. The lowest BCUT2D eigenvalue weighted by atomic mass is 9.86. The molecule has 2 rings (SSSR count). The van der Waals surface area contributed by atoms with Crippen molar-refractivity contribution < 1.29 is 14.3 Å². The van der Waals surface area contributed by atoms with Crippen molar-refractivity contribution in [1.29, 1.82) is 5.26 Å². The van der Waals surface area contributed by atoms with Crippen LogP contribution in [0.2, 0.25) is 0 Å². The first kappa shape index (κ1) is 15.4. The van der Waals surface area contributed by atoms with Crippen LogP contribution in [-0.4, -0.2) is 24.2 Å². The van der Waals surface area contributed by atoms with Crippen LogP contribution in [0.25, 0.3) is 0 Å². The molecule has 110 valence electrons. The molecule has 5 nitrogen and oxygen atoms in total. The third kappa shape index (κ3) is 4.50. The lowest BCUT2D eigenvalue weighted by molar-refractivity contribution is -0.154. The molecule has 1 aromatic rings. The first-order valence-electron chi connectivity index (χ1n) is 6.76. The Bertz CT molecular complexity index is 564. The van der Waals surface area contributed by atoms with E-state index in [-0.39, 0.29) is 24.4 Å². The number of carbonyl (C=O) groups excluding carboxylic acids is 2. The van der Waals surface area contributed by atoms with E-state index in [0.29, 0.717) is 11.4 Å². The highest BCUT2D eigenvalue weighted by Gasteiger charge is 2.27. The van der Waals surface area contributed by atoms with Gasteiger partial charge in [-0.2, -0.15) is 5.26 Å². The van der Waals surface area contributed by atoms with Gasteiger partial charge in [0, 0.05) is 4.90 Å². The molecule has 1 aromatic carbocycles. The summed E-state index contributed by atoms with van der Waals surface area (Å²) in [6.45, 7) is -0.271. The predicted molar refractivity (Wildman–Crippen MR) is 79.7 cm³/mol. The molecule has 21 heavy (non-hydrogen) atoms. The molecule has 0 bridgehead atoms. The Hall–Kier alpha value is -2.00. The number of nitriles is 1. The van der Waals surface area contributed by atoms with Crippen LogP contribution < -0.4 is 5.32 Å². The number of carbonyl (C=O) groups is 2. The second kappa shape index (κ2) is 7.70. The molecule has 0 unspecified atom stereocenters. The molecule has 1 saturated carbocycles. The highest BCUT2D eigenvalue weighted by molar-refractivity contribution is 7.99. The van der Waals surface area contributed by atoms with Crippen molar-refractivity contribution >= 4 is 29.3 Å². The number of nitrogens with one attached hydrogen (secondary N) is 1. The Kier molecular flexibility index (Phi) is 5.64. The Labute approximate surface area is 127 Å². The lowest BCUT2D eigenvalue weighted by Gasteiger charge is -2.22. The van der Waals surface area contributed by atoms with Crippen LogP contribution in [0.3, 0.4) is 0 Å². The lowest BCUT2D eigenvalue weighted by Crippen LogP contribution is -2.28. The molecule has 0 atom stereocenters. The van der Waals surface area contributed by atoms with E-state index in [1.165, 1.54) is 11.8 Å². The highest BCUT2D eigenvalue weighted by atomic mass is 32.2. The predicted octanol–water partition coefficient (Wildman–Crippen LogP) is 2.58. The largest absolute Gasteiger partial charge is 0.455 e. The maximum Gasteiger partial charge on any atom is 0.309 e. The van der Waals surface area contributed by atoms with E-state index in [4.69, 9.17) is 10.00 Å². The van der Waals surface area contributed by atoms with Gasteiger partial charge in [0.15, 0.2) is 6.61 Å². The average molecular weight is 304 g/mol. The third-order valence-electron chi connectivity index (χ3n) is 3.24. The summed E-state index contributed by atoms with van der Waals surface area (Å²) >= 11 is 1.35. The maximum atomic E-state index is 11.8. The van der Waals surface area contributed by atoms with Crippen molar-refractivity contribution in [3.63, 3.8) is 0 Å². The van der Waals surface area contributed by atoms with E-state index < -0.39 is 0 Å². The summed E-state index contributed by atoms with van der Waals surface area (Å²) < 4.78 is 4.99. The van der Waals surface area contributed by atoms with Gasteiger partial charge in [0.1, 0.15) is 0 Å². The number of ether oxygens (including phenoxy) is 1. The fourth-order valence-corrected chi connectivity index (χ4v) is 2.56. The van der Waals surface area contributed by atoms with Gasteiger partial charge in [-0.1, -0.05) is 18.6 Å².